The molecule has 0 aliphatic carbocycles. The first-order valence-electron chi connectivity index (χ1n) is 6.14. The molecule has 1 heterocycles. The molecule has 0 radical (unpaired) electrons. The number of carboxylic acids is 1. The Bertz CT molecular complexity index is 412. The summed E-state index contributed by atoms with van der Waals surface area (Å²) in [6.07, 6.45) is 3.65. The second-order valence-electron chi connectivity index (χ2n) is 4.67. The third kappa shape index (κ3) is 2.99. The SMILES string of the molecule is CC(CCc1ccc2c(c1)CCCO2)C(=O)O. The molecule has 1 aromatic rings. The van der Waals surface area contributed by atoms with Gasteiger partial charge >= 0.3 is 5.97 Å². The molecule has 92 valence electrons. The zero-order valence-corrected chi connectivity index (χ0v) is 10.1. The van der Waals surface area contributed by atoms with E-state index in [9.17, 15) is 4.79 Å². The average molecular weight is 234 g/mol. The minimum atomic E-state index is -0.716. The second-order valence-corrected chi connectivity index (χ2v) is 4.67. The Morgan fingerprint density at radius 3 is 3.12 bits per heavy atom. The Morgan fingerprint density at radius 1 is 1.53 bits per heavy atom. The highest BCUT2D eigenvalue weighted by Crippen LogP contribution is 2.26. The molecule has 1 aromatic carbocycles. The van der Waals surface area contributed by atoms with Crippen LogP contribution in [0.3, 0.4) is 0 Å². The van der Waals surface area contributed by atoms with E-state index in [1.165, 1.54) is 11.1 Å². The van der Waals surface area contributed by atoms with E-state index < -0.39 is 5.97 Å². The van der Waals surface area contributed by atoms with Crippen LogP contribution < -0.4 is 4.74 Å². The third-order valence-corrected chi connectivity index (χ3v) is 3.26. The zero-order chi connectivity index (χ0) is 12.3. The van der Waals surface area contributed by atoms with Crippen molar-refractivity contribution in [3.05, 3.63) is 29.3 Å². The summed E-state index contributed by atoms with van der Waals surface area (Å²) in [4.78, 5) is 10.7. The van der Waals surface area contributed by atoms with Crippen molar-refractivity contribution < 1.29 is 14.6 Å². The van der Waals surface area contributed by atoms with Gasteiger partial charge in [-0.3, -0.25) is 4.79 Å². The maximum atomic E-state index is 10.7. The molecule has 1 unspecified atom stereocenters. The maximum Gasteiger partial charge on any atom is 0.306 e. The predicted octanol–water partition coefficient (Wildman–Crippen LogP) is 2.66. The lowest BCUT2D eigenvalue weighted by molar-refractivity contribution is -0.141. The molecule has 0 spiro atoms. The number of hydrogen-bond donors (Lipinski definition) is 1. The number of rotatable bonds is 4. The molecular formula is C14H18O3. The minimum Gasteiger partial charge on any atom is -0.493 e. The maximum absolute atomic E-state index is 10.7. The van der Waals surface area contributed by atoms with Gasteiger partial charge in [-0.15, -0.1) is 0 Å². The van der Waals surface area contributed by atoms with Gasteiger partial charge in [-0.05, 0) is 42.9 Å². The molecule has 0 fully saturated rings. The van der Waals surface area contributed by atoms with Gasteiger partial charge in [-0.25, -0.2) is 0 Å². The standard InChI is InChI=1S/C14H18O3/c1-10(14(15)16)4-5-11-6-7-13-12(9-11)3-2-8-17-13/h6-7,9-10H,2-5,8H2,1H3,(H,15,16). The van der Waals surface area contributed by atoms with E-state index >= 15 is 0 Å². The predicted molar refractivity (Wildman–Crippen MR) is 65.4 cm³/mol. The van der Waals surface area contributed by atoms with E-state index in [-0.39, 0.29) is 5.92 Å². The average Bonchev–Trinajstić information content (AvgIpc) is 2.35. The Kier molecular flexibility index (Phi) is 3.67. The van der Waals surface area contributed by atoms with Gasteiger partial charge in [0.2, 0.25) is 0 Å². The van der Waals surface area contributed by atoms with Crippen molar-refractivity contribution in [3.63, 3.8) is 0 Å². The van der Waals surface area contributed by atoms with Crippen LogP contribution in [0.2, 0.25) is 0 Å². The van der Waals surface area contributed by atoms with Crippen molar-refractivity contribution in [1.29, 1.82) is 0 Å². The van der Waals surface area contributed by atoms with Crippen LogP contribution in [0, 0.1) is 5.92 Å². The summed E-state index contributed by atoms with van der Waals surface area (Å²) >= 11 is 0. The molecule has 2 rings (SSSR count). The molecule has 0 saturated carbocycles. The van der Waals surface area contributed by atoms with E-state index in [2.05, 4.69) is 6.07 Å². The number of aryl methyl sites for hydroxylation is 2. The van der Waals surface area contributed by atoms with Gasteiger partial charge in [0.05, 0.1) is 12.5 Å². The Morgan fingerprint density at radius 2 is 2.35 bits per heavy atom. The largest absolute Gasteiger partial charge is 0.493 e. The van der Waals surface area contributed by atoms with Crippen molar-refractivity contribution >= 4 is 5.97 Å². The molecule has 17 heavy (non-hydrogen) atoms. The molecule has 1 aliphatic heterocycles. The summed E-state index contributed by atoms with van der Waals surface area (Å²) in [7, 11) is 0. The lowest BCUT2D eigenvalue weighted by Crippen LogP contribution is -2.11. The van der Waals surface area contributed by atoms with Crippen LogP contribution in [-0.4, -0.2) is 17.7 Å². The van der Waals surface area contributed by atoms with E-state index in [1.807, 2.05) is 12.1 Å². The first kappa shape index (κ1) is 12.0. The van der Waals surface area contributed by atoms with Gasteiger partial charge in [0.15, 0.2) is 0 Å². The Balaban J connectivity index is 2.00. The Hall–Kier alpha value is -1.51. The van der Waals surface area contributed by atoms with E-state index in [4.69, 9.17) is 9.84 Å². The highest BCUT2D eigenvalue weighted by Gasteiger charge is 2.13. The van der Waals surface area contributed by atoms with E-state index in [1.54, 1.807) is 6.92 Å². The normalized spacial score (nSPS) is 15.8. The summed E-state index contributed by atoms with van der Waals surface area (Å²) in [5, 5.41) is 8.83. The molecular weight excluding hydrogens is 216 g/mol. The van der Waals surface area contributed by atoms with Crippen molar-refractivity contribution in [3.8, 4) is 5.75 Å². The monoisotopic (exact) mass is 234 g/mol. The van der Waals surface area contributed by atoms with Gasteiger partial charge in [0, 0.05) is 0 Å². The fourth-order valence-electron chi connectivity index (χ4n) is 2.08. The molecule has 0 bridgehead atoms. The summed E-state index contributed by atoms with van der Waals surface area (Å²) in [6, 6.07) is 6.21. The minimum absolute atomic E-state index is 0.276. The molecule has 3 heteroatoms. The molecule has 0 saturated heterocycles. The lowest BCUT2D eigenvalue weighted by atomic mass is 9.97. The van der Waals surface area contributed by atoms with Crippen molar-refractivity contribution in [2.75, 3.05) is 6.61 Å². The van der Waals surface area contributed by atoms with Crippen molar-refractivity contribution in [1.82, 2.24) is 0 Å². The number of aliphatic carboxylic acids is 1. The highest BCUT2D eigenvalue weighted by atomic mass is 16.5. The summed E-state index contributed by atoms with van der Waals surface area (Å²) in [5.41, 5.74) is 2.47. The molecule has 1 aliphatic rings. The number of carboxylic acid groups (broad SMARTS) is 1. The summed E-state index contributed by atoms with van der Waals surface area (Å²) in [5.74, 6) is -0.000131. The fraction of sp³-hybridized carbons (Fsp3) is 0.500. The van der Waals surface area contributed by atoms with Gasteiger partial charge in [0.25, 0.3) is 0 Å². The second kappa shape index (κ2) is 5.21. The van der Waals surface area contributed by atoms with E-state index in [0.29, 0.717) is 6.42 Å². The number of ether oxygens (including phenoxy) is 1. The van der Waals surface area contributed by atoms with Crippen LogP contribution >= 0.6 is 0 Å². The first-order valence-corrected chi connectivity index (χ1v) is 6.14. The lowest BCUT2D eigenvalue weighted by Gasteiger charge is -2.18. The van der Waals surface area contributed by atoms with Crippen LogP contribution in [0.5, 0.6) is 5.75 Å². The number of hydrogen-bond acceptors (Lipinski definition) is 2. The number of fused-ring (bicyclic) bond motifs is 1. The van der Waals surface area contributed by atoms with Crippen LogP contribution in [0.25, 0.3) is 0 Å². The number of benzene rings is 1. The van der Waals surface area contributed by atoms with Crippen molar-refractivity contribution in [2.24, 2.45) is 5.92 Å². The fourth-order valence-corrected chi connectivity index (χ4v) is 2.08. The highest BCUT2D eigenvalue weighted by molar-refractivity contribution is 5.69. The van der Waals surface area contributed by atoms with Gasteiger partial charge in [-0.2, -0.15) is 0 Å². The molecule has 1 N–H and O–H groups in total. The third-order valence-electron chi connectivity index (χ3n) is 3.26. The number of carbonyl (C=O) groups is 1. The van der Waals surface area contributed by atoms with Gasteiger partial charge < -0.3 is 9.84 Å². The molecule has 0 aromatic heterocycles. The summed E-state index contributed by atoms with van der Waals surface area (Å²) in [6.45, 7) is 2.56. The van der Waals surface area contributed by atoms with Crippen LogP contribution in [0.15, 0.2) is 18.2 Å². The van der Waals surface area contributed by atoms with Gasteiger partial charge in [-0.1, -0.05) is 19.1 Å². The van der Waals surface area contributed by atoms with Gasteiger partial charge in [0.1, 0.15) is 5.75 Å². The smallest absolute Gasteiger partial charge is 0.306 e. The van der Waals surface area contributed by atoms with Crippen molar-refractivity contribution in [2.45, 2.75) is 32.6 Å². The quantitative estimate of drug-likeness (QED) is 0.871. The first-order chi connectivity index (χ1) is 8.16. The Labute approximate surface area is 101 Å². The van der Waals surface area contributed by atoms with E-state index in [0.717, 1.165) is 31.6 Å². The van der Waals surface area contributed by atoms with Crippen LogP contribution in [-0.2, 0) is 17.6 Å². The van der Waals surface area contributed by atoms with Crippen LogP contribution in [0.4, 0.5) is 0 Å². The zero-order valence-electron chi connectivity index (χ0n) is 10.1. The molecule has 0 amide bonds. The van der Waals surface area contributed by atoms with Crippen LogP contribution in [0.1, 0.15) is 30.9 Å². The molecule has 1 atom stereocenters. The molecule has 3 nitrogen and oxygen atoms in total. The summed E-state index contributed by atoms with van der Waals surface area (Å²) < 4.78 is 5.55. The topological polar surface area (TPSA) is 46.5 Å².